The molecule has 0 N–H and O–H groups in total. The first-order valence-electron chi connectivity index (χ1n) is 21.1. The minimum atomic E-state index is 0.459. The van der Waals surface area contributed by atoms with Gasteiger partial charge in [-0.05, 0) is 99.4 Å². The summed E-state index contributed by atoms with van der Waals surface area (Å²) in [5, 5.41) is 22.5. The molecule has 0 aliphatic rings. The molecule has 3 heterocycles. The zero-order valence-corrected chi connectivity index (χ0v) is 33.8. The molecule has 13 rings (SSSR count). The second-order valence-corrected chi connectivity index (χ2v) is 16.3. The number of benzene rings is 10. The number of nitrogens with zero attached hydrogens (tertiary/aromatic N) is 5. The van der Waals surface area contributed by atoms with E-state index in [0.29, 0.717) is 22.6 Å². The molecule has 0 unspecified atom stereocenters. The van der Waals surface area contributed by atoms with Crippen LogP contribution in [0.3, 0.4) is 0 Å². The lowest BCUT2D eigenvalue weighted by molar-refractivity contribution is 1.14. The van der Waals surface area contributed by atoms with Crippen LogP contribution in [0.4, 0.5) is 5.69 Å². The van der Waals surface area contributed by atoms with Gasteiger partial charge in [0.15, 0.2) is 0 Å². The Bertz CT molecular complexity index is 4110. The van der Waals surface area contributed by atoms with E-state index in [9.17, 15) is 5.26 Å². The number of aromatic nitrogens is 3. The van der Waals surface area contributed by atoms with E-state index in [1.165, 1.54) is 10.8 Å². The van der Waals surface area contributed by atoms with Crippen LogP contribution >= 0.6 is 0 Å². The number of hydrogen-bond acceptors (Lipinski definition) is 1. The molecule has 5 heteroatoms. The van der Waals surface area contributed by atoms with Gasteiger partial charge in [0.25, 0.3) is 0 Å². The fourth-order valence-corrected chi connectivity index (χ4v) is 10.3. The predicted octanol–water partition coefficient (Wildman–Crippen LogP) is 15.4. The number of fused-ring (bicyclic) bond motifs is 13. The van der Waals surface area contributed by atoms with Gasteiger partial charge in [0.1, 0.15) is 6.07 Å². The van der Waals surface area contributed by atoms with Crippen LogP contribution in [-0.2, 0) is 0 Å². The quantitative estimate of drug-likeness (QED) is 0.164. The van der Waals surface area contributed by atoms with Gasteiger partial charge in [-0.1, -0.05) is 133 Å². The first-order chi connectivity index (χ1) is 31.2. The van der Waals surface area contributed by atoms with Gasteiger partial charge in [0.2, 0.25) is 5.69 Å². The lowest BCUT2D eigenvalue weighted by Gasteiger charge is -2.16. The van der Waals surface area contributed by atoms with Gasteiger partial charge >= 0.3 is 0 Å². The van der Waals surface area contributed by atoms with Crippen LogP contribution in [0.1, 0.15) is 5.56 Å². The maximum absolute atomic E-state index is 11.2. The van der Waals surface area contributed by atoms with E-state index >= 15 is 0 Å². The van der Waals surface area contributed by atoms with Crippen LogP contribution in [0.25, 0.3) is 120 Å². The lowest BCUT2D eigenvalue weighted by Crippen LogP contribution is -2.02. The van der Waals surface area contributed by atoms with E-state index in [1.807, 2.05) is 18.2 Å². The molecule has 0 radical (unpaired) electrons. The van der Waals surface area contributed by atoms with Crippen molar-refractivity contribution in [3.05, 3.63) is 217 Å². The Hall–Kier alpha value is -8.90. The lowest BCUT2D eigenvalue weighted by atomic mass is 10.0. The molecular formula is C58H33N5. The molecule has 3 aromatic heterocycles. The first-order valence-corrected chi connectivity index (χ1v) is 21.1. The summed E-state index contributed by atoms with van der Waals surface area (Å²) in [6, 6.07) is 72.9. The SMILES string of the molecule is [C-]#[N+]c1cc(-n2c3ccc(-n4c5ccccc5c5ccccc54)cc3c3c4ccccc4ccc32)c(C#N)cc1-n1c2ccc(-c3ccccc3)cc2c2c3ccccc3ccc21. The fourth-order valence-electron chi connectivity index (χ4n) is 10.3. The van der Waals surface area contributed by atoms with Crippen molar-refractivity contribution in [2.24, 2.45) is 0 Å². The highest BCUT2D eigenvalue weighted by Gasteiger charge is 2.23. The highest BCUT2D eigenvalue weighted by atomic mass is 15.0. The summed E-state index contributed by atoms with van der Waals surface area (Å²) in [5.41, 5.74) is 11.8. The van der Waals surface area contributed by atoms with Gasteiger partial charge < -0.3 is 13.7 Å². The molecule has 0 fully saturated rings. The van der Waals surface area contributed by atoms with Gasteiger partial charge in [-0.15, -0.1) is 0 Å². The largest absolute Gasteiger partial charge is 0.319 e. The van der Waals surface area contributed by atoms with Crippen LogP contribution in [0.2, 0.25) is 0 Å². The average molecular weight is 800 g/mol. The maximum atomic E-state index is 11.2. The second kappa shape index (κ2) is 13.3. The van der Waals surface area contributed by atoms with Crippen molar-refractivity contribution < 1.29 is 0 Å². The molecule has 0 atom stereocenters. The summed E-state index contributed by atoms with van der Waals surface area (Å²) >= 11 is 0. The van der Waals surface area contributed by atoms with Crippen molar-refractivity contribution in [3.63, 3.8) is 0 Å². The normalized spacial score (nSPS) is 11.8. The van der Waals surface area contributed by atoms with E-state index < -0.39 is 0 Å². The Morgan fingerprint density at radius 1 is 0.381 bits per heavy atom. The van der Waals surface area contributed by atoms with Gasteiger partial charge in [-0.2, -0.15) is 5.26 Å². The van der Waals surface area contributed by atoms with Gasteiger partial charge in [-0.3, -0.25) is 0 Å². The van der Waals surface area contributed by atoms with Crippen molar-refractivity contribution in [1.82, 2.24) is 13.7 Å². The molecule has 0 saturated heterocycles. The maximum Gasteiger partial charge on any atom is 0.212 e. The molecule has 0 bridgehead atoms. The minimum Gasteiger partial charge on any atom is -0.319 e. The fraction of sp³-hybridized carbons (Fsp3) is 0. The molecule has 0 aliphatic carbocycles. The molecule has 290 valence electrons. The van der Waals surface area contributed by atoms with Crippen molar-refractivity contribution in [1.29, 1.82) is 5.26 Å². The van der Waals surface area contributed by atoms with E-state index in [0.717, 1.165) is 93.0 Å². The van der Waals surface area contributed by atoms with Crippen LogP contribution in [0.15, 0.2) is 200 Å². The van der Waals surface area contributed by atoms with Crippen molar-refractivity contribution >= 4 is 92.6 Å². The van der Waals surface area contributed by atoms with E-state index in [-0.39, 0.29) is 0 Å². The van der Waals surface area contributed by atoms with Crippen LogP contribution in [-0.4, -0.2) is 13.7 Å². The van der Waals surface area contributed by atoms with Crippen molar-refractivity contribution in [2.45, 2.75) is 0 Å². The monoisotopic (exact) mass is 799 g/mol. The average Bonchev–Trinajstić information content (AvgIpc) is 3.99. The summed E-state index contributed by atoms with van der Waals surface area (Å²) in [7, 11) is 0. The molecule has 10 aromatic carbocycles. The third-order valence-electron chi connectivity index (χ3n) is 13.1. The zero-order valence-electron chi connectivity index (χ0n) is 33.8. The highest BCUT2D eigenvalue weighted by molar-refractivity contribution is 6.23. The van der Waals surface area contributed by atoms with Gasteiger partial charge in [-0.25, -0.2) is 4.85 Å². The van der Waals surface area contributed by atoms with E-state index in [2.05, 4.69) is 207 Å². The Balaban J connectivity index is 1.09. The number of rotatable bonds is 4. The topological polar surface area (TPSA) is 42.9 Å². The predicted molar refractivity (Wildman–Crippen MR) is 261 cm³/mol. The first kappa shape index (κ1) is 34.9. The Labute approximate surface area is 361 Å². The van der Waals surface area contributed by atoms with Crippen LogP contribution in [0, 0.1) is 17.9 Å². The highest BCUT2D eigenvalue weighted by Crippen LogP contribution is 2.44. The molecule has 0 spiro atoms. The standard InChI is InChI=1S/C58H33N5/c1-60-48-34-55(40(35-59)32-56(48)63-51-27-25-39(36-13-3-2-4-14-36)31-46(51)57-42-17-7-5-15-37(42)24-29-54(57)63)62-52-30-26-41(33-47(52)58-43-18-8-6-16-38(43)23-28-53(58)62)61-49-21-11-9-19-44(49)45-20-10-12-22-50(45)61/h2-34H. The van der Waals surface area contributed by atoms with Crippen LogP contribution < -0.4 is 0 Å². The molecular weight excluding hydrogens is 767 g/mol. The van der Waals surface area contributed by atoms with Crippen LogP contribution in [0.5, 0.6) is 0 Å². The Kier molecular flexibility index (Phi) is 7.37. The summed E-state index contributed by atoms with van der Waals surface area (Å²) in [4.78, 5) is 4.23. The smallest absolute Gasteiger partial charge is 0.212 e. The Morgan fingerprint density at radius 3 is 1.51 bits per heavy atom. The molecule has 5 nitrogen and oxygen atoms in total. The number of hydrogen-bond donors (Lipinski definition) is 0. The van der Waals surface area contributed by atoms with E-state index in [1.54, 1.807) is 0 Å². The summed E-state index contributed by atoms with van der Waals surface area (Å²) in [6.07, 6.45) is 0. The second-order valence-electron chi connectivity index (χ2n) is 16.3. The Morgan fingerprint density at radius 2 is 0.889 bits per heavy atom. The number of nitriles is 1. The molecule has 0 amide bonds. The molecule has 13 aromatic rings. The molecule has 0 aliphatic heterocycles. The van der Waals surface area contributed by atoms with Gasteiger partial charge in [0.05, 0.1) is 56.6 Å². The van der Waals surface area contributed by atoms with Crippen molar-refractivity contribution in [3.8, 4) is 34.3 Å². The summed E-state index contributed by atoms with van der Waals surface area (Å²) in [5.74, 6) is 0. The number of para-hydroxylation sites is 2. The van der Waals surface area contributed by atoms with Crippen molar-refractivity contribution in [2.75, 3.05) is 0 Å². The zero-order chi connectivity index (χ0) is 41.8. The third-order valence-corrected chi connectivity index (χ3v) is 13.1. The molecule has 0 saturated carbocycles. The van der Waals surface area contributed by atoms with E-state index in [4.69, 9.17) is 6.57 Å². The summed E-state index contributed by atoms with van der Waals surface area (Å²) < 4.78 is 6.72. The third kappa shape index (κ3) is 4.97. The van der Waals surface area contributed by atoms with Gasteiger partial charge in [0, 0.05) is 38.0 Å². The summed E-state index contributed by atoms with van der Waals surface area (Å²) in [6.45, 7) is 8.72. The molecule has 63 heavy (non-hydrogen) atoms. The minimum absolute atomic E-state index is 0.459.